The molecule has 0 bridgehead atoms. The van der Waals surface area contributed by atoms with E-state index in [1.54, 1.807) is 17.2 Å². The number of nitrogens with two attached hydrogens (primary N) is 1. The Morgan fingerprint density at radius 3 is 2.95 bits per heavy atom. The molecule has 5 heteroatoms. The molecular weight excluding hydrogens is 242 g/mol. The maximum absolute atomic E-state index is 12.3. The van der Waals surface area contributed by atoms with Gasteiger partial charge in [0.2, 0.25) is 0 Å². The Hall–Kier alpha value is -1.46. The highest BCUT2D eigenvalue weighted by Gasteiger charge is 2.20. The molecule has 0 radical (unpaired) electrons. The van der Waals surface area contributed by atoms with Crippen LogP contribution in [0.4, 0.5) is 0 Å². The standard InChI is InChI=1S/C14H21N3O2/c1-17(10-11-3-6-19-7-4-11)14(18)13-8-12(9-15)2-5-16-13/h2,5,8,11H,3-4,6-7,9-10,15H2,1H3. The van der Waals surface area contributed by atoms with E-state index in [0.29, 0.717) is 18.2 Å². The van der Waals surface area contributed by atoms with Crippen LogP contribution >= 0.6 is 0 Å². The molecular formula is C14H21N3O2. The molecule has 2 rings (SSSR count). The van der Waals surface area contributed by atoms with E-state index in [-0.39, 0.29) is 5.91 Å². The summed E-state index contributed by atoms with van der Waals surface area (Å²) >= 11 is 0. The monoisotopic (exact) mass is 263 g/mol. The second kappa shape index (κ2) is 6.63. The van der Waals surface area contributed by atoms with Gasteiger partial charge in [-0.2, -0.15) is 0 Å². The van der Waals surface area contributed by atoms with Gasteiger partial charge in [0, 0.05) is 39.5 Å². The Morgan fingerprint density at radius 2 is 2.26 bits per heavy atom. The number of hydrogen-bond acceptors (Lipinski definition) is 4. The van der Waals surface area contributed by atoms with Crippen molar-refractivity contribution < 1.29 is 9.53 Å². The number of carbonyl (C=O) groups excluding carboxylic acids is 1. The molecule has 1 fully saturated rings. The third kappa shape index (κ3) is 3.75. The Morgan fingerprint density at radius 1 is 1.53 bits per heavy atom. The van der Waals surface area contributed by atoms with Gasteiger partial charge in [-0.3, -0.25) is 9.78 Å². The topological polar surface area (TPSA) is 68.5 Å². The molecule has 0 atom stereocenters. The summed E-state index contributed by atoms with van der Waals surface area (Å²) < 4.78 is 5.33. The molecule has 2 heterocycles. The summed E-state index contributed by atoms with van der Waals surface area (Å²) in [6.45, 7) is 2.78. The molecule has 0 spiro atoms. The van der Waals surface area contributed by atoms with Crippen molar-refractivity contribution in [1.29, 1.82) is 0 Å². The van der Waals surface area contributed by atoms with Crippen molar-refractivity contribution >= 4 is 5.91 Å². The number of amides is 1. The molecule has 0 saturated carbocycles. The van der Waals surface area contributed by atoms with Gasteiger partial charge in [-0.15, -0.1) is 0 Å². The van der Waals surface area contributed by atoms with Gasteiger partial charge in [-0.25, -0.2) is 0 Å². The smallest absolute Gasteiger partial charge is 0.272 e. The first-order valence-corrected chi connectivity index (χ1v) is 6.69. The zero-order valence-corrected chi connectivity index (χ0v) is 11.3. The van der Waals surface area contributed by atoms with Crippen LogP contribution in [0.5, 0.6) is 0 Å². The minimum Gasteiger partial charge on any atom is -0.381 e. The highest BCUT2D eigenvalue weighted by Crippen LogP contribution is 2.16. The fourth-order valence-electron chi connectivity index (χ4n) is 2.31. The third-order valence-corrected chi connectivity index (χ3v) is 3.50. The molecule has 1 saturated heterocycles. The highest BCUT2D eigenvalue weighted by atomic mass is 16.5. The number of rotatable bonds is 4. The van der Waals surface area contributed by atoms with Gasteiger partial charge in [-0.05, 0) is 36.5 Å². The SMILES string of the molecule is CN(CC1CCOCC1)C(=O)c1cc(CN)ccn1. The number of aromatic nitrogens is 1. The number of ether oxygens (including phenoxy) is 1. The van der Waals surface area contributed by atoms with E-state index < -0.39 is 0 Å². The molecule has 0 aromatic carbocycles. The molecule has 1 aliphatic rings. The lowest BCUT2D eigenvalue weighted by Gasteiger charge is -2.27. The van der Waals surface area contributed by atoms with Crippen LogP contribution in [-0.4, -0.2) is 42.6 Å². The van der Waals surface area contributed by atoms with Crippen LogP contribution < -0.4 is 5.73 Å². The minimum absolute atomic E-state index is 0.0400. The van der Waals surface area contributed by atoms with E-state index in [2.05, 4.69) is 4.98 Å². The number of pyridine rings is 1. The third-order valence-electron chi connectivity index (χ3n) is 3.50. The molecule has 104 valence electrons. The van der Waals surface area contributed by atoms with Gasteiger partial charge in [-0.1, -0.05) is 0 Å². The van der Waals surface area contributed by atoms with Crippen molar-refractivity contribution in [2.24, 2.45) is 11.7 Å². The molecule has 19 heavy (non-hydrogen) atoms. The van der Waals surface area contributed by atoms with Gasteiger partial charge in [0.15, 0.2) is 0 Å². The zero-order valence-electron chi connectivity index (χ0n) is 11.3. The predicted octanol–water partition coefficient (Wildman–Crippen LogP) is 1.04. The van der Waals surface area contributed by atoms with Crippen molar-refractivity contribution in [2.75, 3.05) is 26.8 Å². The lowest BCUT2D eigenvalue weighted by atomic mass is 10.00. The van der Waals surface area contributed by atoms with Crippen molar-refractivity contribution in [2.45, 2.75) is 19.4 Å². The second-order valence-corrected chi connectivity index (χ2v) is 4.99. The van der Waals surface area contributed by atoms with Crippen LogP contribution in [0.1, 0.15) is 28.9 Å². The van der Waals surface area contributed by atoms with Gasteiger partial charge < -0.3 is 15.4 Å². The summed E-state index contributed by atoms with van der Waals surface area (Å²) in [6.07, 6.45) is 3.68. The zero-order chi connectivity index (χ0) is 13.7. The van der Waals surface area contributed by atoms with Crippen molar-refractivity contribution in [1.82, 2.24) is 9.88 Å². The van der Waals surface area contributed by atoms with Crippen molar-refractivity contribution in [3.05, 3.63) is 29.6 Å². The quantitative estimate of drug-likeness (QED) is 0.881. The van der Waals surface area contributed by atoms with E-state index in [1.807, 2.05) is 13.1 Å². The predicted molar refractivity (Wildman–Crippen MR) is 72.6 cm³/mol. The van der Waals surface area contributed by atoms with Gasteiger partial charge >= 0.3 is 0 Å². The van der Waals surface area contributed by atoms with Crippen LogP contribution in [0.15, 0.2) is 18.3 Å². The van der Waals surface area contributed by atoms with E-state index in [0.717, 1.165) is 38.2 Å². The summed E-state index contributed by atoms with van der Waals surface area (Å²) in [5.41, 5.74) is 6.98. The molecule has 0 unspecified atom stereocenters. The first-order valence-electron chi connectivity index (χ1n) is 6.69. The average Bonchev–Trinajstić information content (AvgIpc) is 2.47. The Bertz CT molecular complexity index is 430. The summed E-state index contributed by atoms with van der Waals surface area (Å²) in [4.78, 5) is 18.2. The summed E-state index contributed by atoms with van der Waals surface area (Å²) in [7, 11) is 1.83. The molecule has 2 N–H and O–H groups in total. The number of carbonyl (C=O) groups is 1. The van der Waals surface area contributed by atoms with E-state index in [1.165, 1.54) is 0 Å². The van der Waals surface area contributed by atoms with Crippen LogP contribution in [0.25, 0.3) is 0 Å². The largest absolute Gasteiger partial charge is 0.381 e. The lowest BCUT2D eigenvalue weighted by Crippen LogP contribution is -2.34. The number of hydrogen-bond donors (Lipinski definition) is 1. The Balaban J connectivity index is 1.97. The van der Waals surface area contributed by atoms with Crippen molar-refractivity contribution in [3.63, 3.8) is 0 Å². The van der Waals surface area contributed by atoms with Gasteiger partial charge in [0.25, 0.3) is 5.91 Å². The Kier molecular flexibility index (Phi) is 4.87. The molecule has 1 amide bonds. The lowest BCUT2D eigenvalue weighted by molar-refractivity contribution is 0.0495. The summed E-state index contributed by atoms with van der Waals surface area (Å²) in [5, 5.41) is 0. The van der Waals surface area contributed by atoms with Crippen LogP contribution in [0.2, 0.25) is 0 Å². The molecule has 1 aromatic rings. The van der Waals surface area contributed by atoms with Crippen molar-refractivity contribution in [3.8, 4) is 0 Å². The van der Waals surface area contributed by atoms with Crippen LogP contribution in [-0.2, 0) is 11.3 Å². The normalized spacial score (nSPS) is 16.3. The first kappa shape index (κ1) is 14.0. The number of nitrogens with zero attached hydrogens (tertiary/aromatic N) is 2. The van der Waals surface area contributed by atoms with Gasteiger partial charge in [0.05, 0.1) is 0 Å². The summed E-state index contributed by atoms with van der Waals surface area (Å²) in [5.74, 6) is 0.488. The fourth-order valence-corrected chi connectivity index (χ4v) is 2.31. The first-order chi connectivity index (χ1) is 9.20. The van der Waals surface area contributed by atoms with E-state index >= 15 is 0 Å². The second-order valence-electron chi connectivity index (χ2n) is 4.99. The van der Waals surface area contributed by atoms with Crippen LogP contribution in [0.3, 0.4) is 0 Å². The molecule has 1 aromatic heterocycles. The molecule has 0 aliphatic carbocycles. The maximum atomic E-state index is 12.3. The van der Waals surface area contributed by atoms with E-state index in [9.17, 15) is 4.79 Å². The maximum Gasteiger partial charge on any atom is 0.272 e. The summed E-state index contributed by atoms with van der Waals surface area (Å²) in [6, 6.07) is 3.60. The molecule has 1 aliphatic heterocycles. The fraction of sp³-hybridized carbons (Fsp3) is 0.571. The molecule has 5 nitrogen and oxygen atoms in total. The van der Waals surface area contributed by atoms with Gasteiger partial charge in [0.1, 0.15) is 5.69 Å². The van der Waals surface area contributed by atoms with Crippen LogP contribution in [0, 0.1) is 5.92 Å². The average molecular weight is 263 g/mol. The minimum atomic E-state index is -0.0400. The van der Waals surface area contributed by atoms with E-state index in [4.69, 9.17) is 10.5 Å². The Labute approximate surface area is 113 Å². The highest BCUT2D eigenvalue weighted by molar-refractivity contribution is 5.92.